The van der Waals surface area contributed by atoms with Gasteiger partial charge in [-0.15, -0.1) is 0 Å². The maximum atomic E-state index is 11.8. The van der Waals surface area contributed by atoms with Gasteiger partial charge in [0, 0.05) is 41.8 Å². The predicted molar refractivity (Wildman–Crippen MR) is 68.6 cm³/mol. The fraction of sp³-hybridized carbons (Fsp3) is 0.308. The van der Waals surface area contributed by atoms with Crippen molar-refractivity contribution in [2.75, 3.05) is 20.2 Å². The van der Waals surface area contributed by atoms with Crippen LogP contribution < -0.4 is 15.4 Å². The van der Waals surface area contributed by atoms with Crippen LogP contribution in [0.4, 0.5) is 0 Å². The van der Waals surface area contributed by atoms with Gasteiger partial charge in [-0.2, -0.15) is 0 Å². The Morgan fingerprint density at radius 3 is 3.00 bits per heavy atom. The number of methoxy groups -OCH3 is 1. The summed E-state index contributed by atoms with van der Waals surface area (Å²) in [6.45, 7) is 1.48. The highest BCUT2D eigenvalue weighted by molar-refractivity contribution is 5.92. The summed E-state index contributed by atoms with van der Waals surface area (Å²) >= 11 is 0. The van der Waals surface area contributed by atoms with Gasteiger partial charge in [-0.05, 0) is 12.1 Å². The molecule has 0 bridgehead atoms. The lowest BCUT2D eigenvalue weighted by Gasteiger charge is -2.23. The van der Waals surface area contributed by atoms with Gasteiger partial charge in [-0.25, -0.2) is 0 Å². The van der Waals surface area contributed by atoms with Crippen LogP contribution in [-0.2, 0) is 4.79 Å². The average molecular weight is 245 g/mol. The number of piperazine rings is 1. The molecular formula is C13H15N3O2. The molecule has 3 N–H and O–H groups in total. The number of benzene rings is 1. The van der Waals surface area contributed by atoms with E-state index >= 15 is 0 Å². The smallest absolute Gasteiger partial charge is 0.241 e. The molecule has 5 nitrogen and oxygen atoms in total. The zero-order valence-electron chi connectivity index (χ0n) is 10.1. The highest BCUT2D eigenvalue weighted by Gasteiger charge is 2.25. The number of carbonyl (C=O) groups is 1. The van der Waals surface area contributed by atoms with Crippen LogP contribution in [0.1, 0.15) is 11.6 Å². The van der Waals surface area contributed by atoms with E-state index in [4.69, 9.17) is 4.74 Å². The summed E-state index contributed by atoms with van der Waals surface area (Å²) in [5.41, 5.74) is 1.95. The van der Waals surface area contributed by atoms with E-state index in [0.29, 0.717) is 6.54 Å². The molecule has 0 radical (unpaired) electrons. The van der Waals surface area contributed by atoms with E-state index in [1.165, 1.54) is 0 Å². The second kappa shape index (κ2) is 4.34. The number of ether oxygens (including phenoxy) is 1. The number of carbonyl (C=O) groups excluding carboxylic acids is 1. The van der Waals surface area contributed by atoms with Gasteiger partial charge in [-0.1, -0.05) is 0 Å². The Bertz CT molecular complexity index is 591. The van der Waals surface area contributed by atoms with Crippen LogP contribution >= 0.6 is 0 Å². The van der Waals surface area contributed by atoms with Gasteiger partial charge in [-0.3, -0.25) is 4.79 Å². The van der Waals surface area contributed by atoms with E-state index in [9.17, 15) is 4.79 Å². The first-order chi connectivity index (χ1) is 8.79. The quantitative estimate of drug-likeness (QED) is 0.737. The Balaban J connectivity index is 2.04. The maximum Gasteiger partial charge on any atom is 0.241 e. The summed E-state index contributed by atoms with van der Waals surface area (Å²) in [7, 11) is 1.64. The normalized spacial score (nSPS) is 19.8. The van der Waals surface area contributed by atoms with Crippen LogP contribution in [0, 0.1) is 0 Å². The fourth-order valence-electron chi connectivity index (χ4n) is 2.34. The Labute approximate surface area is 105 Å². The molecule has 1 aromatic heterocycles. The maximum absolute atomic E-state index is 11.8. The van der Waals surface area contributed by atoms with Gasteiger partial charge in [0.2, 0.25) is 5.91 Å². The number of fused-ring (bicyclic) bond motifs is 1. The topological polar surface area (TPSA) is 66.2 Å². The lowest BCUT2D eigenvalue weighted by atomic mass is 10.0. The van der Waals surface area contributed by atoms with E-state index in [1.54, 1.807) is 7.11 Å². The minimum absolute atomic E-state index is 0.0259. The van der Waals surface area contributed by atoms with Crippen molar-refractivity contribution < 1.29 is 9.53 Å². The third kappa shape index (κ3) is 1.73. The fourth-order valence-corrected chi connectivity index (χ4v) is 2.34. The van der Waals surface area contributed by atoms with E-state index in [2.05, 4.69) is 15.6 Å². The lowest BCUT2D eigenvalue weighted by molar-refractivity contribution is -0.124. The standard InChI is InChI=1S/C13H15N3O2/c1-18-8-2-3-9-10(7-16-11(9)6-8)12-13(17)15-5-4-14-12/h2-3,6-7,12,14,16H,4-5H2,1H3,(H,15,17). The van der Waals surface area contributed by atoms with E-state index in [0.717, 1.165) is 28.8 Å². The van der Waals surface area contributed by atoms with Crippen molar-refractivity contribution in [3.05, 3.63) is 30.0 Å². The Hall–Kier alpha value is -2.01. The summed E-state index contributed by atoms with van der Waals surface area (Å²) in [4.78, 5) is 15.0. The van der Waals surface area contributed by atoms with Gasteiger partial charge in [0.15, 0.2) is 0 Å². The summed E-state index contributed by atoms with van der Waals surface area (Å²) in [5.74, 6) is 0.829. The number of rotatable bonds is 2. The molecule has 0 aliphatic carbocycles. The number of hydrogen-bond donors (Lipinski definition) is 3. The molecule has 2 aromatic rings. The molecule has 3 rings (SSSR count). The number of nitrogens with one attached hydrogen (secondary N) is 3. The number of aromatic amines is 1. The minimum Gasteiger partial charge on any atom is -0.497 e. The molecule has 1 atom stereocenters. The van der Waals surface area contributed by atoms with Crippen LogP contribution in [0.5, 0.6) is 5.75 Å². The second-order valence-electron chi connectivity index (χ2n) is 4.33. The summed E-state index contributed by atoms with van der Waals surface area (Å²) in [6, 6.07) is 5.53. The van der Waals surface area contributed by atoms with Crippen LogP contribution in [0.3, 0.4) is 0 Å². The number of hydrogen-bond acceptors (Lipinski definition) is 3. The molecule has 1 unspecified atom stereocenters. The largest absolute Gasteiger partial charge is 0.497 e. The molecular weight excluding hydrogens is 230 g/mol. The van der Waals surface area contributed by atoms with Crippen LogP contribution in [0.15, 0.2) is 24.4 Å². The SMILES string of the molecule is COc1ccc2c(C3NCCNC3=O)c[nH]c2c1. The van der Waals surface area contributed by atoms with Crippen molar-refractivity contribution in [2.45, 2.75) is 6.04 Å². The van der Waals surface area contributed by atoms with Crippen molar-refractivity contribution in [1.82, 2.24) is 15.6 Å². The van der Waals surface area contributed by atoms with Gasteiger partial charge in [0.25, 0.3) is 0 Å². The Morgan fingerprint density at radius 2 is 2.22 bits per heavy atom. The van der Waals surface area contributed by atoms with Crippen LogP contribution in [0.25, 0.3) is 10.9 Å². The first-order valence-electron chi connectivity index (χ1n) is 5.96. The van der Waals surface area contributed by atoms with Crippen molar-refractivity contribution >= 4 is 16.8 Å². The molecule has 1 aromatic carbocycles. The molecule has 1 saturated heterocycles. The molecule has 18 heavy (non-hydrogen) atoms. The van der Waals surface area contributed by atoms with Crippen molar-refractivity contribution in [1.29, 1.82) is 0 Å². The zero-order chi connectivity index (χ0) is 12.5. The van der Waals surface area contributed by atoms with Gasteiger partial charge < -0.3 is 20.4 Å². The average Bonchev–Trinajstić information content (AvgIpc) is 2.82. The van der Waals surface area contributed by atoms with Gasteiger partial charge in [0.05, 0.1) is 7.11 Å². The second-order valence-corrected chi connectivity index (χ2v) is 4.33. The minimum atomic E-state index is -0.277. The van der Waals surface area contributed by atoms with Gasteiger partial charge in [0.1, 0.15) is 11.8 Å². The zero-order valence-corrected chi connectivity index (χ0v) is 10.1. The molecule has 0 spiro atoms. The predicted octanol–water partition coefficient (Wildman–Crippen LogP) is 0.937. The first-order valence-corrected chi connectivity index (χ1v) is 5.96. The highest BCUT2D eigenvalue weighted by Crippen LogP contribution is 2.27. The molecule has 0 saturated carbocycles. The summed E-state index contributed by atoms with van der Waals surface area (Å²) < 4.78 is 5.18. The Kier molecular flexibility index (Phi) is 2.68. The highest BCUT2D eigenvalue weighted by atomic mass is 16.5. The number of H-pyrrole nitrogens is 1. The van der Waals surface area contributed by atoms with Gasteiger partial charge >= 0.3 is 0 Å². The summed E-state index contributed by atoms with van der Waals surface area (Å²) in [5, 5.41) is 7.14. The van der Waals surface area contributed by atoms with Crippen LogP contribution in [0.2, 0.25) is 0 Å². The van der Waals surface area contributed by atoms with Crippen molar-refractivity contribution in [3.63, 3.8) is 0 Å². The third-order valence-electron chi connectivity index (χ3n) is 3.27. The molecule has 94 valence electrons. The molecule has 1 aliphatic rings. The molecule has 1 aliphatic heterocycles. The molecule has 1 amide bonds. The monoisotopic (exact) mass is 245 g/mol. The van der Waals surface area contributed by atoms with E-state index < -0.39 is 0 Å². The lowest BCUT2D eigenvalue weighted by Crippen LogP contribution is -2.47. The molecule has 5 heteroatoms. The molecule has 2 heterocycles. The molecule has 1 fully saturated rings. The number of amides is 1. The van der Waals surface area contributed by atoms with Crippen LogP contribution in [-0.4, -0.2) is 31.1 Å². The van der Waals surface area contributed by atoms with Crippen molar-refractivity contribution in [3.8, 4) is 5.75 Å². The van der Waals surface area contributed by atoms with E-state index in [1.807, 2.05) is 24.4 Å². The first kappa shape index (κ1) is 11.1. The third-order valence-corrected chi connectivity index (χ3v) is 3.27. The Morgan fingerprint density at radius 1 is 1.33 bits per heavy atom. The summed E-state index contributed by atoms with van der Waals surface area (Å²) in [6.07, 6.45) is 1.88. The van der Waals surface area contributed by atoms with Crippen molar-refractivity contribution in [2.24, 2.45) is 0 Å². The number of aromatic nitrogens is 1. The van der Waals surface area contributed by atoms with E-state index in [-0.39, 0.29) is 11.9 Å².